The van der Waals surface area contributed by atoms with E-state index in [9.17, 15) is 0 Å². The van der Waals surface area contributed by atoms with Crippen molar-refractivity contribution in [2.24, 2.45) is 0 Å². The van der Waals surface area contributed by atoms with Crippen LogP contribution in [0.1, 0.15) is 71.1 Å². The maximum absolute atomic E-state index is 3.77. The summed E-state index contributed by atoms with van der Waals surface area (Å²) in [5, 5.41) is 0. The van der Waals surface area contributed by atoms with Crippen LogP contribution in [0.15, 0.2) is 49.6 Å². The fraction of sp³-hybridized carbons (Fsp3) is 0.636. The van der Waals surface area contributed by atoms with Crippen LogP contribution in [0.2, 0.25) is 0 Å². The van der Waals surface area contributed by atoms with Gasteiger partial charge >= 0.3 is 0 Å². The minimum Gasteiger partial charge on any atom is -0.296 e. The molecule has 0 fully saturated rings. The van der Waals surface area contributed by atoms with Gasteiger partial charge in [0, 0.05) is 13.1 Å². The van der Waals surface area contributed by atoms with Crippen molar-refractivity contribution in [2.75, 3.05) is 19.6 Å². The lowest BCUT2D eigenvalue weighted by atomic mass is 10.2. The average Bonchev–Trinajstić information content (AvgIpc) is 2.57. The molecular formula is C22H39N. The quantitative estimate of drug-likeness (QED) is 0.213. The van der Waals surface area contributed by atoms with Crippen molar-refractivity contribution in [3.05, 3.63) is 49.6 Å². The SMILES string of the molecule is C=CCCCCC=CCN(CC=CCCCCC=C)CCCC. The van der Waals surface area contributed by atoms with Crippen LogP contribution in [-0.4, -0.2) is 24.5 Å². The van der Waals surface area contributed by atoms with Gasteiger partial charge in [-0.25, -0.2) is 0 Å². The highest BCUT2D eigenvalue weighted by molar-refractivity contribution is 4.90. The van der Waals surface area contributed by atoms with Crippen LogP contribution in [0.25, 0.3) is 0 Å². The molecule has 0 N–H and O–H groups in total. The Labute approximate surface area is 145 Å². The molecular weight excluding hydrogens is 278 g/mol. The van der Waals surface area contributed by atoms with Gasteiger partial charge < -0.3 is 0 Å². The van der Waals surface area contributed by atoms with Crippen LogP contribution in [0.4, 0.5) is 0 Å². The molecule has 0 rings (SSSR count). The van der Waals surface area contributed by atoms with E-state index in [1.54, 1.807) is 0 Å². The summed E-state index contributed by atoms with van der Waals surface area (Å²) in [5.74, 6) is 0. The molecule has 23 heavy (non-hydrogen) atoms. The molecule has 0 aromatic carbocycles. The highest BCUT2D eigenvalue weighted by atomic mass is 15.1. The minimum absolute atomic E-state index is 1.09. The van der Waals surface area contributed by atoms with Crippen molar-refractivity contribution >= 4 is 0 Å². The van der Waals surface area contributed by atoms with Crippen molar-refractivity contribution in [3.8, 4) is 0 Å². The summed E-state index contributed by atoms with van der Waals surface area (Å²) in [6.07, 6.45) is 25.8. The number of rotatable bonds is 17. The van der Waals surface area contributed by atoms with E-state index in [0.717, 1.165) is 25.9 Å². The van der Waals surface area contributed by atoms with E-state index in [-0.39, 0.29) is 0 Å². The smallest absolute Gasteiger partial charge is 0.0166 e. The standard InChI is InChI=1S/C22H39N/c1-4-7-10-12-14-16-18-21-23(20-9-6-3)22-19-17-15-13-11-8-5-2/h4-5,16-19H,1-2,6-15,20-22H2,3H3. The van der Waals surface area contributed by atoms with Crippen molar-refractivity contribution in [1.29, 1.82) is 0 Å². The second kappa shape index (κ2) is 19.0. The summed E-state index contributed by atoms with van der Waals surface area (Å²) in [7, 11) is 0. The van der Waals surface area contributed by atoms with E-state index in [1.807, 2.05) is 12.2 Å². The zero-order valence-electron chi connectivity index (χ0n) is 15.5. The third kappa shape index (κ3) is 17.1. The molecule has 0 aromatic rings. The van der Waals surface area contributed by atoms with Gasteiger partial charge in [-0.3, -0.25) is 4.90 Å². The lowest BCUT2D eigenvalue weighted by Gasteiger charge is -2.18. The van der Waals surface area contributed by atoms with Gasteiger partial charge in [0.1, 0.15) is 0 Å². The maximum Gasteiger partial charge on any atom is 0.0166 e. The van der Waals surface area contributed by atoms with Crippen LogP contribution >= 0.6 is 0 Å². The van der Waals surface area contributed by atoms with Crippen LogP contribution in [0.3, 0.4) is 0 Å². The Morgan fingerprint density at radius 1 is 0.652 bits per heavy atom. The van der Waals surface area contributed by atoms with Gasteiger partial charge in [0.2, 0.25) is 0 Å². The Balaban J connectivity index is 3.86. The molecule has 1 heteroatoms. The molecule has 132 valence electrons. The Hall–Kier alpha value is -1.08. The van der Waals surface area contributed by atoms with Gasteiger partial charge in [0.15, 0.2) is 0 Å². The maximum atomic E-state index is 3.77. The predicted molar refractivity (Wildman–Crippen MR) is 107 cm³/mol. The third-order valence-corrected chi connectivity index (χ3v) is 3.95. The minimum atomic E-state index is 1.09. The second-order valence-electron chi connectivity index (χ2n) is 6.20. The van der Waals surface area contributed by atoms with Gasteiger partial charge in [-0.2, -0.15) is 0 Å². The van der Waals surface area contributed by atoms with E-state index in [4.69, 9.17) is 0 Å². The molecule has 0 saturated heterocycles. The Bertz CT molecular complexity index is 286. The summed E-state index contributed by atoms with van der Waals surface area (Å²) in [6, 6.07) is 0. The van der Waals surface area contributed by atoms with Gasteiger partial charge in [0.05, 0.1) is 0 Å². The fourth-order valence-electron chi connectivity index (χ4n) is 2.42. The molecule has 0 aromatic heterocycles. The van der Waals surface area contributed by atoms with Gasteiger partial charge in [-0.1, -0.05) is 49.8 Å². The zero-order valence-corrected chi connectivity index (χ0v) is 15.5. The molecule has 0 aliphatic rings. The molecule has 0 saturated carbocycles. The van der Waals surface area contributed by atoms with Crippen molar-refractivity contribution < 1.29 is 0 Å². The first-order valence-electron chi connectivity index (χ1n) is 9.59. The average molecular weight is 318 g/mol. The summed E-state index contributed by atoms with van der Waals surface area (Å²) in [6.45, 7) is 13.2. The Morgan fingerprint density at radius 2 is 1.13 bits per heavy atom. The first-order chi connectivity index (χ1) is 11.3. The topological polar surface area (TPSA) is 3.24 Å². The zero-order chi connectivity index (χ0) is 17.0. The lowest BCUT2D eigenvalue weighted by Crippen LogP contribution is -2.25. The van der Waals surface area contributed by atoms with Crippen LogP contribution in [0.5, 0.6) is 0 Å². The number of hydrogen-bond acceptors (Lipinski definition) is 1. The first kappa shape index (κ1) is 21.9. The molecule has 0 aliphatic carbocycles. The summed E-state index contributed by atoms with van der Waals surface area (Å²) in [4.78, 5) is 2.55. The van der Waals surface area contributed by atoms with Crippen LogP contribution in [0, 0.1) is 0 Å². The van der Waals surface area contributed by atoms with Crippen molar-refractivity contribution in [3.63, 3.8) is 0 Å². The molecule has 1 nitrogen and oxygen atoms in total. The molecule has 0 aliphatic heterocycles. The highest BCUT2D eigenvalue weighted by Gasteiger charge is 1.99. The molecule has 0 unspecified atom stereocenters. The summed E-state index contributed by atoms with van der Waals surface area (Å²) < 4.78 is 0. The van der Waals surface area contributed by atoms with Crippen LogP contribution in [-0.2, 0) is 0 Å². The fourth-order valence-corrected chi connectivity index (χ4v) is 2.42. The van der Waals surface area contributed by atoms with E-state index in [2.05, 4.69) is 49.3 Å². The van der Waals surface area contributed by atoms with Gasteiger partial charge in [-0.05, 0) is 64.3 Å². The number of nitrogens with zero attached hydrogens (tertiary/aromatic N) is 1. The predicted octanol–water partition coefficient (Wildman–Crippen LogP) is 6.69. The molecule has 0 spiro atoms. The van der Waals surface area contributed by atoms with Crippen molar-refractivity contribution in [1.82, 2.24) is 4.90 Å². The van der Waals surface area contributed by atoms with E-state index in [0.29, 0.717) is 0 Å². The van der Waals surface area contributed by atoms with Gasteiger partial charge in [0.25, 0.3) is 0 Å². The number of unbranched alkanes of at least 4 members (excludes halogenated alkanes) is 7. The lowest BCUT2D eigenvalue weighted by molar-refractivity contribution is 0.328. The molecule has 0 radical (unpaired) electrons. The van der Waals surface area contributed by atoms with E-state index >= 15 is 0 Å². The molecule has 0 bridgehead atoms. The van der Waals surface area contributed by atoms with Gasteiger partial charge in [-0.15, -0.1) is 13.2 Å². The normalized spacial score (nSPS) is 11.7. The van der Waals surface area contributed by atoms with E-state index in [1.165, 1.54) is 57.9 Å². The molecule has 0 heterocycles. The van der Waals surface area contributed by atoms with Crippen molar-refractivity contribution in [2.45, 2.75) is 71.1 Å². The van der Waals surface area contributed by atoms with Crippen LogP contribution < -0.4 is 0 Å². The Morgan fingerprint density at radius 3 is 1.57 bits per heavy atom. The Kier molecular flexibility index (Phi) is 18.1. The summed E-state index contributed by atoms with van der Waals surface area (Å²) >= 11 is 0. The monoisotopic (exact) mass is 317 g/mol. The first-order valence-corrected chi connectivity index (χ1v) is 9.59. The van der Waals surface area contributed by atoms with E-state index < -0.39 is 0 Å². The number of hydrogen-bond donors (Lipinski definition) is 0. The third-order valence-electron chi connectivity index (χ3n) is 3.95. The highest BCUT2D eigenvalue weighted by Crippen LogP contribution is 2.03. The molecule has 0 amide bonds. The molecule has 0 atom stereocenters. The number of allylic oxidation sites excluding steroid dienone is 4. The summed E-state index contributed by atoms with van der Waals surface area (Å²) in [5.41, 5.74) is 0. The second-order valence-corrected chi connectivity index (χ2v) is 6.20. The largest absolute Gasteiger partial charge is 0.296 e.